The third-order valence-electron chi connectivity index (χ3n) is 9.02. The Morgan fingerprint density at radius 3 is 2.36 bits per heavy atom. The fourth-order valence-corrected chi connectivity index (χ4v) is 7.72. The van der Waals surface area contributed by atoms with Crippen LogP contribution in [-0.2, 0) is 35.9 Å². The summed E-state index contributed by atoms with van der Waals surface area (Å²) in [4.78, 5) is 15.6. The Morgan fingerprint density at radius 1 is 0.936 bits per heavy atom. The fourth-order valence-electron chi connectivity index (χ4n) is 6.47. The second kappa shape index (κ2) is 14.5. The van der Waals surface area contributed by atoms with E-state index in [1.807, 2.05) is 49.4 Å². The molecule has 0 fully saturated rings. The van der Waals surface area contributed by atoms with Crippen molar-refractivity contribution in [3.63, 3.8) is 0 Å². The molecule has 0 saturated carbocycles. The van der Waals surface area contributed by atoms with Gasteiger partial charge in [-0.1, -0.05) is 49.6 Å². The third kappa shape index (κ3) is 8.85. The first-order chi connectivity index (χ1) is 21.9. The van der Waals surface area contributed by atoms with Gasteiger partial charge in [0.25, 0.3) is 20.2 Å². The average Bonchev–Trinajstić information content (AvgIpc) is 3.36. The number of halogens is 1. The number of nitrogens with zero attached hydrogens (tertiary/aromatic N) is 2. The number of aliphatic carboxylic acids is 1. The summed E-state index contributed by atoms with van der Waals surface area (Å²) >= 11 is 6.35. The summed E-state index contributed by atoms with van der Waals surface area (Å²) < 4.78 is 67.3. The number of hydrogen-bond acceptors (Lipinski definition) is 6. The van der Waals surface area contributed by atoms with Gasteiger partial charge in [0, 0.05) is 53.1 Å². The summed E-state index contributed by atoms with van der Waals surface area (Å²) in [5.74, 6) is -1.13. The number of benzene rings is 2. The lowest BCUT2D eigenvalue weighted by Gasteiger charge is -2.28. The van der Waals surface area contributed by atoms with Crippen molar-refractivity contribution in [1.29, 1.82) is 0 Å². The average molecular weight is 706 g/mol. The fraction of sp³-hybridized carbons (Fsp3) is 0.441. The number of carboxylic acid groups (broad SMARTS) is 1. The van der Waals surface area contributed by atoms with Crippen molar-refractivity contribution in [3.05, 3.63) is 76.9 Å². The van der Waals surface area contributed by atoms with Crippen LogP contribution in [0.15, 0.2) is 70.6 Å². The van der Waals surface area contributed by atoms with Crippen LogP contribution in [0.5, 0.6) is 0 Å². The SMILES string of the molecule is CC1(C)C(/C=C/C=C/CC2=Nc3ccc(S(=O)(=O)O)cc3C2(C)CCCCCC(=O)O)=[N+](CCCCS(=O)(=O)O)c2ccc(Cl)cc21. The van der Waals surface area contributed by atoms with Gasteiger partial charge in [-0.05, 0) is 69.0 Å². The zero-order valence-electron chi connectivity index (χ0n) is 26.8. The van der Waals surface area contributed by atoms with E-state index in [1.165, 1.54) is 12.1 Å². The number of carboxylic acids is 1. The van der Waals surface area contributed by atoms with Crippen molar-refractivity contribution in [2.75, 3.05) is 12.3 Å². The first-order valence-electron chi connectivity index (χ1n) is 15.6. The minimum atomic E-state index is -4.40. The van der Waals surface area contributed by atoms with Crippen LogP contribution in [0.2, 0.25) is 5.02 Å². The van der Waals surface area contributed by atoms with Crippen LogP contribution >= 0.6 is 11.6 Å². The Kier molecular flexibility index (Phi) is 11.3. The van der Waals surface area contributed by atoms with Gasteiger partial charge >= 0.3 is 5.97 Å². The first-order valence-corrected chi connectivity index (χ1v) is 19.0. The Labute approximate surface area is 282 Å². The molecule has 2 aromatic carbocycles. The van der Waals surface area contributed by atoms with Crippen LogP contribution in [0.4, 0.5) is 11.4 Å². The van der Waals surface area contributed by atoms with Crippen LogP contribution in [0.3, 0.4) is 0 Å². The van der Waals surface area contributed by atoms with Crippen LogP contribution in [0.1, 0.15) is 83.3 Å². The minimum absolute atomic E-state index is 0.0894. The maximum Gasteiger partial charge on any atom is 0.303 e. The highest BCUT2D eigenvalue weighted by Crippen LogP contribution is 2.45. The molecular weight excluding hydrogens is 664 g/mol. The van der Waals surface area contributed by atoms with Gasteiger partial charge in [-0.25, -0.2) is 0 Å². The summed E-state index contributed by atoms with van der Waals surface area (Å²) in [7, 11) is -8.44. The van der Waals surface area contributed by atoms with Crippen molar-refractivity contribution in [2.24, 2.45) is 4.99 Å². The molecule has 0 bridgehead atoms. The van der Waals surface area contributed by atoms with Crippen LogP contribution in [0, 0.1) is 0 Å². The predicted molar refractivity (Wildman–Crippen MR) is 184 cm³/mol. The highest BCUT2D eigenvalue weighted by atomic mass is 35.5. The summed E-state index contributed by atoms with van der Waals surface area (Å²) in [6, 6.07) is 10.2. The molecule has 0 aromatic heterocycles. The molecule has 4 rings (SSSR count). The highest BCUT2D eigenvalue weighted by Gasteiger charge is 2.44. The van der Waals surface area contributed by atoms with Gasteiger partial charge in [0.1, 0.15) is 6.54 Å². The number of fused-ring (bicyclic) bond motifs is 2. The molecule has 0 spiro atoms. The third-order valence-corrected chi connectivity index (χ3v) is 10.9. The molecule has 47 heavy (non-hydrogen) atoms. The van der Waals surface area contributed by atoms with Crippen LogP contribution in [0.25, 0.3) is 0 Å². The molecule has 2 heterocycles. The molecule has 254 valence electrons. The van der Waals surface area contributed by atoms with E-state index in [0.29, 0.717) is 61.3 Å². The van der Waals surface area contributed by atoms with E-state index in [4.69, 9.17) is 26.3 Å². The number of aliphatic imine (C=N–C) groups is 1. The molecule has 1 unspecified atom stereocenters. The van der Waals surface area contributed by atoms with Crippen LogP contribution in [-0.4, -0.2) is 65.3 Å². The Balaban J connectivity index is 1.55. The van der Waals surface area contributed by atoms with Gasteiger partial charge < -0.3 is 5.11 Å². The number of rotatable bonds is 16. The molecule has 0 saturated heterocycles. The van der Waals surface area contributed by atoms with Gasteiger partial charge in [0.05, 0.1) is 21.8 Å². The summed E-state index contributed by atoms with van der Waals surface area (Å²) in [6.07, 6.45) is 11.9. The van der Waals surface area contributed by atoms with E-state index in [0.717, 1.165) is 29.1 Å². The van der Waals surface area contributed by atoms with Crippen molar-refractivity contribution >= 4 is 60.6 Å². The minimum Gasteiger partial charge on any atom is -0.481 e. The van der Waals surface area contributed by atoms with E-state index in [2.05, 4.69) is 18.4 Å². The van der Waals surface area contributed by atoms with Crippen molar-refractivity contribution in [1.82, 2.24) is 0 Å². The summed E-state index contributed by atoms with van der Waals surface area (Å²) in [5, 5.41) is 9.61. The number of carbonyl (C=O) groups is 1. The van der Waals surface area contributed by atoms with Gasteiger partial charge in [-0.15, -0.1) is 0 Å². The molecule has 2 aromatic rings. The quantitative estimate of drug-likeness (QED) is 0.0714. The van der Waals surface area contributed by atoms with Gasteiger partial charge in [-0.3, -0.25) is 18.9 Å². The molecule has 3 N–H and O–H groups in total. The molecule has 0 radical (unpaired) electrons. The number of allylic oxidation sites excluding steroid dienone is 4. The summed E-state index contributed by atoms with van der Waals surface area (Å²) in [6.45, 7) is 6.78. The number of unbranched alkanes of at least 4 members (excludes halogenated alkanes) is 3. The van der Waals surface area contributed by atoms with Gasteiger partial charge in [-0.2, -0.15) is 21.4 Å². The Bertz CT molecular complexity index is 1880. The zero-order chi connectivity index (χ0) is 34.6. The lowest BCUT2D eigenvalue weighted by molar-refractivity contribution is -0.438. The molecule has 0 aliphatic carbocycles. The second-order valence-corrected chi connectivity index (χ2v) is 16.2. The first kappa shape index (κ1) is 36.7. The van der Waals surface area contributed by atoms with E-state index in [-0.39, 0.29) is 22.5 Å². The van der Waals surface area contributed by atoms with Crippen molar-refractivity contribution in [3.8, 4) is 0 Å². The Hall–Kier alpha value is -3.16. The van der Waals surface area contributed by atoms with E-state index < -0.39 is 31.6 Å². The summed E-state index contributed by atoms with van der Waals surface area (Å²) in [5.41, 5.74) is 4.30. The standard InChI is InChI=1S/C34H41ClN2O8S2/c1-33(2)27-22-24(35)15-18-29(27)37(20-10-11-21-46(40,41)42)31(33)13-7-4-6-12-30-34(3,19-9-5-8-14-32(38)39)26-23-25(47(43,44)45)16-17-28(26)36-30/h4,6-7,13,15-18,22-23H,5,8-12,14,19-21H2,1-3H3,(H2-,38,39,40,41,42,43,44,45)/p+1/b6-4+,13-7+. The van der Waals surface area contributed by atoms with Gasteiger partial charge in [0.15, 0.2) is 5.71 Å². The lowest BCUT2D eigenvalue weighted by Crippen LogP contribution is -2.29. The molecule has 1 atom stereocenters. The molecule has 10 nitrogen and oxygen atoms in total. The molecule has 2 aliphatic heterocycles. The van der Waals surface area contributed by atoms with Crippen LogP contribution < -0.4 is 0 Å². The lowest BCUT2D eigenvalue weighted by atomic mass is 9.74. The topological polar surface area (TPSA) is 161 Å². The molecule has 13 heteroatoms. The molecule has 0 amide bonds. The second-order valence-electron chi connectivity index (χ2n) is 12.8. The molecular formula is C34H42ClN2O8S2+. The predicted octanol–water partition coefficient (Wildman–Crippen LogP) is 7.21. The van der Waals surface area contributed by atoms with Crippen molar-refractivity contribution < 1.29 is 40.4 Å². The van der Waals surface area contributed by atoms with Gasteiger partial charge in [0.2, 0.25) is 5.69 Å². The maximum atomic E-state index is 11.9. The van der Waals surface area contributed by atoms with E-state index >= 15 is 0 Å². The highest BCUT2D eigenvalue weighted by molar-refractivity contribution is 7.86. The Morgan fingerprint density at radius 2 is 1.68 bits per heavy atom. The van der Waals surface area contributed by atoms with E-state index in [9.17, 15) is 26.2 Å². The van der Waals surface area contributed by atoms with Crippen molar-refractivity contribution in [2.45, 2.75) is 87.9 Å². The smallest absolute Gasteiger partial charge is 0.303 e. The maximum absolute atomic E-state index is 11.9. The molecule has 2 aliphatic rings. The normalized spacial score (nSPS) is 19.1. The monoisotopic (exact) mass is 705 g/mol. The van der Waals surface area contributed by atoms with E-state index in [1.54, 1.807) is 6.07 Å². The zero-order valence-corrected chi connectivity index (χ0v) is 29.2. The largest absolute Gasteiger partial charge is 0.481 e. The number of hydrogen-bond donors (Lipinski definition) is 3.